The highest BCUT2D eigenvalue weighted by atomic mass is 16.4. The van der Waals surface area contributed by atoms with Crippen LogP contribution in [0.2, 0.25) is 0 Å². The highest BCUT2D eigenvalue weighted by Crippen LogP contribution is 1.93. The maximum absolute atomic E-state index is 9.77. The van der Waals surface area contributed by atoms with Gasteiger partial charge in [-0.25, -0.2) is 19.2 Å². The van der Waals surface area contributed by atoms with Crippen LogP contribution in [-0.2, 0) is 19.2 Å². The summed E-state index contributed by atoms with van der Waals surface area (Å²) in [5, 5.41) is 65.1. The van der Waals surface area contributed by atoms with E-state index >= 15 is 0 Å². The summed E-state index contributed by atoms with van der Waals surface area (Å²) < 4.78 is 0. The van der Waals surface area contributed by atoms with Crippen molar-refractivity contribution in [3.63, 3.8) is 0 Å². The van der Waals surface area contributed by atoms with E-state index in [0.717, 1.165) is 0 Å². The van der Waals surface area contributed by atoms with Gasteiger partial charge < -0.3 is 40.9 Å². The number of hydrogen-bond acceptors (Lipinski definition) is 8. The van der Waals surface area contributed by atoms with E-state index in [4.69, 9.17) is 40.9 Å². The fourth-order valence-electron chi connectivity index (χ4n) is 0.540. The Labute approximate surface area is 109 Å². The zero-order chi connectivity index (χ0) is 16.6. The van der Waals surface area contributed by atoms with E-state index in [2.05, 4.69) is 0 Å². The van der Waals surface area contributed by atoms with E-state index in [1.54, 1.807) is 0 Å². The van der Waals surface area contributed by atoms with Gasteiger partial charge in [0.25, 0.3) is 0 Å². The first kappa shape index (κ1) is 20.0. The molecule has 8 N–H and O–H groups in total. The summed E-state index contributed by atoms with van der Waals surface area (Å²) in [6.45, 7) is 0. The molecular formula is C8H12O12. The highest BCUT2D eigenvalue weighted by molar-refractivity contribution is 5.83. The van der Waals surface area contributed by atoms with Crippen LogP contribution in [-0.4, -0.2) is 89.1 Å². The van der Waals surface area contributed by atoms with Crippen molar-refractivity contribution in [2.45, 2.75) is 24.4 Å². The van der Waals surface area contributed by atoms with Crippen LogP contribution in [0.15, 0.2) is 0 Å². The van der Waals surface area contributed by atoms with Crippen LogP contribution in [0.5, 0.6) is 0 Å². The van der Waals surface area contributed by atoms with Gasteiger partial charge in [0.15, 0.2) is 24.4 Å². The van der Waals surface area contributed by atoms with E-state index in [9.17, 15) is 19.2 Å². The second-order valence-electron chi connectivity index (χ2n) is 3.13. The van der Waals surface area contributed by atoms with Gasteiger partial charge >= 0.3 is 23.9 Å². The summed E-state index contributed by atoms with van der Waals surface area (Å²) in [5.74, 6) is -7.07. The van der Waals surface area contributed by atoms with E-state index in [1.807, 2.05) is 0 Å². The molecule has 0 spiro atoms. The van der Waals surface area contributed by atoms with Crippen molar-refractivity contribution in [2.75, 3.05) is 0 Å². The van der Waals surface area contributed by atoms with E-state index in [1.165, 1.54) is 0 Å². The van der Waals surface area contributed by atoms with Crippen molar-refractivity contribution >= 4 is 23.9 Å². The molecule has 0 aromatic rings. The first-order valence-corrected chi connectivity index (χ1v) is 4.57. The quantitative estimate of drug-likeness (QED) is 0.233. The van der Waals surface area contributed by atoms with Crippen molar-refractivity contribution < 1.29 is 60.0 Å². The minimum atomic E-state index is -2.27. The monoisotopic (exact) mass is 300 g/mol. The molecule has 0 saturated heterocycles. The Bertz CT molecular complexity index is 304. The lowest BCUT2D eigenvalue weighted by atomic mass is 10.2. The molecule has 12 heteroatoms. The van der Waals surface area contributed by atoms with Crippen LogP contribution in [0.25, 0.3) is 0 Å². The van der Waals surface area contributed by atoms with Gasteiger partial charge in [0.2, 0.25) is 0 Å². The minimum Gasteiger partial charge on any atom is -0.479 e. The lowest BCUT2D eigenvalue weighted by Gasteiger charge is -2.07. The number of aliphatic carboxylic acids is 4. The van der Waals surface area contributed by atoms with Crippen molar-refractivity contribution in [3.8, 4) is 0 Å². The summed E-state index contributed by atoms with van der Waals surface area (Å²) in [4.78, 5) is 39.1. The highest BCUT2D eigenvalue weighted by Gasteiger charge is 2.30. The molecule has 0 bridgehead atoms. The molecule has 0 aliphatic carbocycles. The molecule has 0 heterocycles. The van der Waals surface area contributed by atoms with E-state index in [-0.39, 0.29) is 0 Å². The maximum atomic E-state index is 9.77. The molecule has 0 radical (unpaired) electrons. The van der Waals surface area contributed by atoms with Crippen LogP contribution >= 0.6 is 0 Å². The van der Waals surface area contributed by atoms with E-state index < -0.39 is 48.3 Å². The summed E-state index contributed by atoms with van der Waals surface area (Å²) >= 11 is 0. The number of aliphatic hydroxyl groups is 4. The summed E-state index contributed by atoms with van der Waals surface area (Å²) in [6.07, 6.45) is -9.06. The Morgan fingerprint density at radius 3 is 0.600 bits per heavy atom. The number of rotatable bonds is 6. The van der Waals surface area contributed by atoms with Crippen molar-refractivity contribution in [1.82, 2.24) is 0 Å². The third-order valence-electron chi connectivity index (χ3n) is 1.61. The molecule has 0 aromatic carbocycles. The number of aliphatic hydroxyl groups excluding tert-OH is 4. The van der Waals surface area contributed by atoms with Crippen LogP contribution in [0, 0.1) is 0 Å². The number of hydrogen-bond donors (Lipinski definition) is 8. The minimum absolute atomic E-state index is 1.77. The van der Waals surface area contributed by atoms with Gasteiger partial charge in [0, 0.05) is 0 Å². The van der Waals surface area contributed by atoms with Crippen LogP contribution < -0.4 is 0 Å². The molecule has 20 heavy (non-hydrogen) atoms. The zero-order valence-electron chi connectivity index (χ0n) is 9.52. The average Bonchev–Trinajstić information content (AvgIpc) is 2.35. The smallest absolute Gasteiger partial charge is 0.335 e. The first-order valence-electron chi connectivity index (χ1n) is 4.57. The van der Waals surface area contributed by atoms with Crippen molar-refractivity contribution in [3.05, 3.63) is 0 Å². The molecule has 4 atom stereocenters. The summed E-state index contributed by atoms with van der Waals surface area (Å²) in [7, 11) is 0. The van der Waals surface area contributed by atoms with Crippen molar-refractivity contribution in [2.24, 2.45) is 0 Å². The maximum Gasteiger partial charge on any atom is 0.335 e. The molecule has 0 aliphatic rings. The standard InChI is InChI=1S/2C4H6O6/c2*5-1(3(7)8)2(6)4(9)10/h2*1-2,5-6H,(H,7,8)(H,9,10)/t2*1-,2-/m00/s1. The Kier molecular flexibility index (Phi) is 8.78. The molecule has 0 aliphatic heterocycles. The van der Waals surface area contributed by atoms with Gasteiger partial charge in [-0.2, -0.15) is 0 Å². The predicted octanol–water partition coefficient (Wildman–Crippen LogP) is -4.25. The number of carbonyl (C=O) groups is 4. The Morgan fingerprint density at radius 1 is 0.450 bits per heavy atom. The normalized spacial score (nSPS) is 15.8. The predicted molar refractivity (Wildman–Crippen MR) is 54.6 cm³/mol. The second-order valence-corrected chi connectivity index (χ2v) is 3.13. The molecule has 12 nitrogen and oxygen atoms in total. The molecular weight excluding hydrogens is 288 g/mol. The molecule has 116 valence electrons. The van der Waals surface area contributed by atoms with Gasteiger partial charge in [0.1, 0.15) is 0 Å². The SMILES string of the molecule is O=C(O)[C@@H](O)[C@H](O)C(=O)O.O=C(O)[C@@H](O)[C@H](O)C(=O)O. The number of carboxylic acids is 4. The molecule has 0 aromatic heterocycles. The van der Waals surface area contributed by atoms with Crippen molar-refractivity contribution in [1.29, 1.82) is 0 Å². The zero-order valence-corrected chi connectivity index (χ0v) is 9.52. The van der Waals surface area contributed by atoms with Crippen LogP contribution in [0.3, 0.4) is 0 Å². The second kappa shape index (κ2) is 8.76. The molecule has 0 fully saturated rings. The molecule has 0 unspecified atom stereocenters. The van der Waals surface area contributed by atoms with Gasteiger partial charge in [-0.05, 0) is 0 Å². The number of carboxylic acid groups (broad SMARTS) is 4. The first-order chi connectivity index (χ1) is 8.93. The van der Waals surface area contributed by atoms with Gasteiger partial charge in [-0.15, -0.1) is 0 Å². The van der Waals surface area contributed by atoms with Crippen LogP contribution in [0.4, 0.5) is 0 Å². The molecule has 0 rings (SSSR count). The Morgan fingerprint density at radius 2 is 0.550 bits per heavy atom. The summed E-state index contributed by atoms with van der Waals surface area (Å²) in [6, 6.07) is 0. The van der Waals surface area contributed by atoms with E-state index in [0.29, 0.717) is 0 Å². The van der Waals surface area contributed by atoms with Gasteiger partial charge in [0.05, 0.1) is 0 Å². The fraction of sp³-hybridized carbons (Fsp3) is 0.500. The lowest BCUT2D eigenvalue weighted by molar-refractivity contribution is -0.165. The molecule has 0 amide bonds. The topological polar surface area (TPSA) is 230 Å². The average molecular weight is 300 g/mol. The van der Waals surface area contributed by atoms with Gasteiger partial charge in [-0.1, -0.05) is 0 Å². The Balaban J connectivity index is 0. The lowest BCUT2D eigenvalue weighted by Crippen LogP contribution is -2.39. The molecule has 0 saturated carbocycles. The largest absolute Gasteiger partial charge is 0.479 e. The Hall–Kier alpha value is -2.28. The third kappa shape index (κ3) is 7.22. The summed E-state index contributed by atoms with van der Waals surface area (Å²) in [5.41, 5.74) is 0. The van der Waals surface area contributed by atoms with Crippen LogP contribution in [0.1, 0.15) is 0 Å². The van der Waals surface area contributed by atoms with Gasteiger partial charge in [-0.3, -0.25) is 0 Å². The third-order valence-corrected chi connectivity index (χ3v) is 1.61. The fourth-order valence-corrected chi connectivity index (χ4v) is 0.540.